The number of nitrogens with zero attached hydrogens (tertiary/aromatic N) is 4. The third kappa shape index (κ3) is 3.71. The fraction of sp³-hybridized carbons (Fsp3) is 0.444. The number of hydrogen-bond acceptors (Lipinski definition) is 5. The Morgan fingerprint density at radius 3 is 2.64 bits per heavy atom. The number of aromatic nitrogens is 2. The number of thiazole rings is 1. The molecule has 0 saturated heterocycles. The van der Waals surface area contributed by atoms with Crippen LogP contribution in [-0.2, 0) is 19.3 Å². The van der Waals surface area contributed by atoms with Gasteiger partial charge in [-0.1, -0.05) is 6.92 Å². The van der Waals surface area contributed by atoms with E-state index in [1.54, 1.807) is 25.2 Å². The lowest BCUT2D eigenvalue weighted by Crippen LogP contribution is -2.33. The Kier molecular flexibility index (Phi) is 5.13. The highest BCUT2D eigenvalue weighted by Gasteiger charge is 2.24. The topological polar surface area (TPSA) is 66.4 Å². The zero-order chi connectivity index (χ0) is 18.0. The van der Waals surface area contributed by atoms with E-state index in [-0.39, 0.29) is 11.8 Å². The molecule has 0 fully saturated rings. The first-order chi connectivity index (χ1) is 12.0. The van der Waals surface area contributed by atoms with Crippen LogP contribution in [0.4, 0.5) is 0 Å². The third-order valence-corrected chi connectivity index (χ3v) is 5.46. The minimum absolute atomic E-state index is 0.00916. The minimum atomic E-state index is -0.0619. The van der Waals surface area contributed by atoms with Gasteiger partial charge in [0, 0.05) is 56.8 Å². The molecule has 2 aromatic heterocycles. The summed E-state index contributed by atoms with van der Waals surface area (Å²) in [5.74, 6) is -0.0528. The summed E-state index contributed by atoms with van der Waals surface area (Å²) in [6, 6.07) is 3.75. The smallest absolute Gasteiger partial charge is 0.282 e. The summed E-state index contributed by atoms with van der Waals surface area (Å²) < 4.78 is 0. The summed E-state index contributed by atoms with van der Waals surface area (Å²) in [5, 5.41) is 0.536. The Hall–Kier alpha value is -2.28. The molecule has 0 bridgehead atoms. The average molecular weight is 358 g/mol. The second-order valence-electron chi connectivity index (χ2n) is 6.27. The zero-order valence-corrected chi connectivity index (χ0v) is 15.6. The van der Waals surface area contributed by atoms with Gasteiger partial charge in [0.1, 0.15) is 0 Å². The van der Waals surface area contributed by atoms with Gasteiger partial charge < -0.3 is 9.80 Å². The third-order valence-electron chi connectivity index (χ3n) is 4.32. The van der Waals surface area contributed by atoms with Crippen molar-refractivity contribution < 1.29 is 9.59 Å². The van der Waals surface area contributed by atoms with Crippen LogP contribution in [0.15, 0.2) is 18.3 Å². The van der Waals surface area contributed by atoms with Gasteiger partial charge in [-0.05, 0) is 18.6 Å². The molecule has 0 saturated carbocycles. The highest BCUT2D eigenvalue weighted by molar-refractivity contribution is 7.13. The minimum Gasteiger partial charge on any atom is -0.343 e. The van der Waals surface area contributed by atoms with Gasteiger partial charge in [-0.15, -0.1) is 11.3 Å². The van der Waals surface area contributed by atoms with E-state index in [9.17, 15) is 9.59 Å². The maximum absolute atomic E-state index is 12.7. The first-order valence-electron chi connectivity index (χ1n) is 8.44. The predicted octanol–water partition coefficient (Wildman–Crippen LogP) is 2.04. The van der Waals surface area contributed by atoms with Gasteiger partial charge in [-0.3, -0.25) is 14.6 Å². The summed E-state index contributed by atoms with van der Waals surface area (Å²) in [6.07, 6.45) is 3.94. The van der Waals surface area contributed by atoms with E-state index in [2.05, 4.69) is 9.97 Å². The van der Waals surface area contributed by atoms with E-state index >= 15 is 0 Å². The Morgan fingerprint density at radius 1 is 1.24 bits per heavy atom. The summed E-state index contributed by atoms with van der Waals surface area (Å²) in [6.45, 7) is 3.29. The fourth-order valence-corrected chi connectivity index (χ4v) is 3.91. The van der Waals surface area contributed by atoms with Gasteiger partial charge in [0.2, 0.25) is 0 Å². The number of aryl methyl sites for hydroxylation is 1. The van der Waals surface area contributed by atoms with Crippen molar-refractivity contribution in [2.45, 2.75) is 26.2 Å². The first-order valence-corrected chi connectivity index (χ1v) is 9.25. The average Bonchev–Trinajstić information content (AvgIpc) is 2.93. The molecule has 1 aliphatic heterocycles. The van der Waals surface area contributed by atoms with Gasteiger partial charge in [0.05, 0.1) is 11.3 Å². The second kappa shape index (κ2) is 7.31. The zero-order valence-electron chi connectivity index (χ0n) is 14.8. The molecule has 0 atom stereocenters. The van der Waals surface area contributed by atoms with Crippen LogP contribution in [0.1, 0.15) is 43.3 Å². The van der Waals surface area contributed by atoms with E-state index in [0.717, 1.165) is 29.1 Å². The lowest BCUT2D eigenvalue weighted by atomic mass is 10.2. The van der Waals surface area contributed by atoms with Gasteiger partial charge in [0.15, 0.2) is 5.01 Å². The molecule has 0 unspecified atom stereocenters. The van der Waals surface area contributed by atoms with Crippen molar-refractivity contribution in [2.24, 2.45) is 0 Å². The van der Waals surface area contributed by atoms with Crippen molar-refractivity contribution in [3.8, 4) is 0 Å². The fourth-order valence-electron chi connectivity index (χ4n) is 2.79. The number of pyridine rings is 1. The van der Waals surface area contributed by atoms with E-state index in [0.29, 0.717) is 30.1 Å². The van der Waals surface area contributed by atoms with Crippen molar-refractivity contribution in [2.75, 3.05) is 27.2 Å². The standard InChI is InChI=1S/C18H22N4O2S/c1-4-13-6-5-12(11-19-13)17(23)22-9-7-14-15(8-10-22)25-16(20-14)18(24)21(2)3/h5-6,11H,4,7-10H2,1-3H3. The van der Waals surface area contributed by atoms with E-state index in [1.165, 1.54) is 11.3 Å². The maximum Gasteiger partial charge on any atom is 0.282 e. The van der Waals surface area contributed by atoms with Crippen LogP contribution in [0, 0.1) is 0 Å². The molecule has 7 heteroatoms. The number of rotatable bonds is 3. The molecule has 0 aliphatic carbocycles. The maximum atomic E-state index is 12.7. The van der Waals surface area contributed by atoms with E-state index < -0.39 is 0 Å². The van der Waals surface area contributed by atoms with Crippen LogP contribution in [-0.4, -0.2) is 58.8 Å². The second-order valence-corrected chi connectivity index (χ2v) is 7.36. The van der Waals surface area contributed by atoms with Gasteiger partial charge >= 0.3 is 0 Å². The van der Waals surface area contributed by atoms with E-state index in [4.69, 9.17) is 0 Å². The molecular weight excluding hydrogens is 336 g/mol. The highest BCUT2D eigenvalue weighted by Crippen LogP contribution is 2.24. The quantitative estimate of drug-likeness (QED) is 0.842. The Balaban J connectivity index is 1.70. The van der Waals surface area contributed by atoms with Crippen molar-refractivity contribution >= 4 is 23.2 Å². The monoisotopic (exact) mass is 358 g/mol. The number of hydrogen-bond donors (Lipinski definition) is 0. The molecule has 0 N–H and O–H groups in total. The van der Waals surface area contributed by atoms with Crippen LogP contribution in [0.3, 0.4) is 0 Å². The van der Waals surface area contributed by atoms with Gasteiger partial charge in [-0.2, -0.15) is 0 Å². The number of carbonyl (C=O) groups is 2. The van der Waals surface area contributed by atoms with Crippen LogP contribution in [0.25, 0.3) is 0 Å². The lowest BCUT2D eigenvalue weighted by Gasteiger charge is -2.20. The molecular formula is C18H22N4O2S. The molecule has 3 rings (SSSR count). The summed E-state index contributed by atoms with van der Waals surface area (Å²) in [5.41, 5.74) is 2.56. The summed E-state index contributed by atoms with van der Waals surface area (Å²) in [4.78, 5) is 38.1. The molecule has 0 aromatic carbocycles. The normalized spacial score (nSPS) is 14.0. The van der Waals surface area contributed by atoms with Crippen molar-refractivity contribution in [1.82, 2.24) is 19.8 Å². The SMILES string of the molecule is CCc1ccc(C(=O)N2CCc3nc(C(=O)N(C)C)sc3CC2)cn1. The first kappa shape index (κ1) is 17.5. The van der Waals surface area contributed by atoms with Crippen molar-refractivity contribution in [1.29, 1.82) is 0 Å². The molecule has 2 aromatic rings. The number of amides is 2. The molecule has 0 spiro atoms. The summed E-state index contributed by atoms with van der Waals surface area (Å²) >= 11 is 1.45. The van der Waals surface area contributed by atoms with Crippen LogP contribution in [0.2, 0.25) is 0 Å². The van der Waals surface area contributed by atoms with Crippen molar-refractivity contribution in [3.05, 3.63) is 45.2 Å². The summed E-state index contributed by atoms with van der Waals surface area (Å²) in [7, 11) is 3.46. The number of carbonyl (C=O) groups excluding carboxylic acids is 2. The molecule has 0 radical (unpaired) electrons. The van der Waals surface area contributed by atoms with Crippen LogP contribution < -0.4 is 0 Å². The van der Waals surface area contributed by atoms with Gasteiger partial charge in [-0.25, -0.2) is 4.98 Å². The Bertz CT molecular complexity index is 757. The lowest BCUT2D eigenvalue weighted by molar-refractivity contribution is 0.0761. The van der Waals surface area contributed by atoms with Crippen LogP contribution in [0.5, 0.6) is 0 Å². The molecule has 1 aliphatic rings. The molecule has 25 heavy (non-hydrogen) atoms. The predicted molar refractivity (Wildman–Crippen MR) is 97.1 cm³/mol. The molecule has 6 nitrogen and oxygen atoms in total. The molecule has 132 valence electrons. The molecule has 2 amide bonds. The number of fused-ring (bicyclic) bond motifs is 1. The Morgan fingerprint density at radius 2 is 2.00 bits per heavy atom. The van der Waals surface area contributed by atoms with Crippen LogP contribution >= 0.6 is 11.3 Å². The largest absolute Gasteiger partial charge is 0.343 e. The van der Waals surface area contributed by atoms with Gasteiger partial charge in [0.25, 0.3) is 11.8 Å². The van der Waals surface area contributed by atoms with E-state index in [1.807, 2.05) is 24.0 Å². The highest BCUT2D eigenvalue weighted by atomic mass is 32.1. The molecule has 3 heterocycles. The van der Waals surface area contributed by atoms with Crippen molar-refractivity contribution in [3.63, 3.8) is 0 Å². The Labute approximate surface area is 151 Å².